The Labute approximate surface area is 56.1 Å². The molecule has 0 aliphatic carbocycles. The molecule has 0 aliphatic rings. The van der Waals surface area contributed by atoms with Crippen molar-refractivity contribution in [1.82, 2.24) is 0 Å². The van der Waals surface area contributed by atoms with Gasteiger partial charge in [-0.1, -0.05) is 0 Å². The van der Waals surface area contributed by atoms with Crippen molar-refractivity contribution in [2.45, 2.75) is 0 Å². The van der Waals surface area contributed by atoms with Gasteiger partial charge in [0, 0.05) is 6.07 Å². The highest BCUT2D eigenvalue weighted by Gasteiger charge is 1.99. The maximum absolute atomic E-state index is 12.3. The second-order valence-corrected chi connectivity index (χ2v) is 1.73. The highest BCUT2D eigenvalue weighted by molar-refractivity contribution is 5.41. The highest BCUT2D eigenvalue weighted by atomic mass is 19.1. The van der Waals surface area contributed by atoms with Gasteiger partial charge in [-0.3, -0.25) is 0 Å². The van der Waals surface area contributed by atoms with E-state index >= 15 is 0 Å². The molecule has 0 fully saturated rings. The zero-order valence-corrected chi connectivity index (χ0v) is 4.91. The molecule has 10 heavy (non-hydrogen) atoms. The molecule has 1 N–H and O–H groups in total. The van der Waals surface area contributed by atoms with Gasteiger partial charge < -0.3 is 5.11 Å². The molecule has 0 saturated heterocycles. The molecule has 0 bridgehead atoms. The van der Waals surface area contributed by atoms with E-state index in [0.717, 1.165) is 12.1 Å². The van der Waals surface area contributed by atoms with Crippen molar-refractivity contribution < 1.29 is 9.50 Å². The molecule has 0 atom stereocenters. The second kappa shape index (κ2) is 2.43. The Kier molecular flexibility index (Phi) is 1.62. The van der Waals surface area contributed by atoms with Crippen LogP contribution in [0.2, 0.25) is 0 Å². The number of benzene rings is 1. The van der Waals surface area contributed by atoms with E-state index in [0.29, 0.717) is 0 Å². The van der Waals surface area contributed by atoms with Gasteiger partial charge in [-0.25, -0.2) is 4.39 Å². The molecule has 0 aromatic heterocycles. The number of halogens is 1. The van der Waals surface area contributed by atoms with Crippen LogP contribution in [0.3, 0.4) is 0 Å². The van der Waals surface area contributed by atoms with Crippen LogP contribution in [0, 0.1) is 10.7 Å². The summed E-state index contributed by atoms with van der Waals surface area (Å²) in [6, 6.07) is 3.17. The van der Waals surface area contributed by atoms with Gasteiger partial charge in [0.25, 0.3) is 0 Å². The molecular formula is C6H4FNO2. The monoisotopic (exact) mass is 141 g/mol. The maximum Gasteiger partial charge on any atom is 0.167 e. The Hall–Kier alpha value is -1.45. The highest BCUT2D eigenvalue weighted by Crippen LogP contribution is 2.20. The van der Waals surface area contributed by atoms with Crippen molar-refractivity contribution in [1.29, 1.82) is 0 Å². The summed E-state index contributed by atoms with van der Waals surface area (Å²) in [5.74, 6) is -1.32. The lowest BCUT2D eigenvalue weighted by Crippen LogP contribution is -1.72. The minimum atomic E-state index is -0.836. The van der Waals surface area contributed by atoms with Gasteiger partial charge in [0.05, 0.1) is 0 Å². The van der Waals surface area contributed by atoms with Gasteiger partial charge >= 0.3 is 0 Å². The summed E-state index contributed by atoms with van der Waals surface area (Å²) < 4.78 is 12.3. The molecule has 4 heteroatoms. The van der Waals surface area contributed by atoms with Crippen LogP contribution in [-0.2, 0) is 0 Å². The molecule has 0 radical (unpaired) electrons. The number of aromatic hydroxyl groups is 1. The van der Waals surface area contributed by atoms with E-state index in [1.807, 2.05) is 0 Å². The van der Waals surface area contributed by atoms with E-state index in [4.69, 9.17) is 5.11 Å². The summed E-state index contributed by atoms with van der Waals surface area (Å²) >= 11 is 0. The van der Waals surface area contributed by atoms with E-state index in [9.17, 15) is 9.30 Å². The van der Waals surface area contributed by atoms with Crippen LogP contribution in [0.5, 0.6) is 5.75 Å². The lowest BCUT2D eigenvalue weighted by Gasteiger charge is -1.92. The summed E-state index contributed by atoms with van der Waals surface area (Å²) in [5, 5.41) is 11.1. The molecule has 0 saturated carbocycles. The van der Waals surface area contributed by atoms with Crippen molar-refractivity contribution in [3.63, 3.8) is 0 Å². The SMILES string of the molecule is O=Nc1ccc(O)c(F)c1. The van der Waals surface area contributed by atoms with Crippen molar-refractivity contribution in [2.24, 2.45) is 5.18 Å². The van der Waals surface area contributed by atoms with E-state index < -0.39 is 11.6 Å². The number of hydrogen-bond acceptors (Lipinski definition) is 3. The largest absolute Gasteiger partial charge is 0.505 e. The number of hydrogen-bond donors (Lipinski definition) is 1. The predicted molar refractivity (Wildman–Crippen MR) is 33.5 cm³/mol. The first-order valence-corrected chi connectivity index (χ1v) is 2.56. The number of phenolic OH excluding ortho intramolecular Hbond substituents is 1. The molecular weight excluding hydrogens is 137 g/mol. The van der Waals surface area contributed by atoms with Gasteiger partial charge in [0.15, 0.2) is 11.6 Å². The molecule has 0 aliphatic heterocycles. The van der Waals surface area contributed by atoms with Crippen molar-refractivity contribution in [2.75, 3.05) is 0 Å². The fourth-order valence-corrected chi connectivity index (χ4v) is 0.553. The first-order chi connectivity index (χ1) is 4.74. The second-order valence-electron chi connectivity index (χ2n) is 1.73. The number of nitrogens with zero attached hydrogens (tertiary/aromatic N) is 1. The van der Waals surface area contributed by atoms with Crippen molar-refractivity contribution in [3.8, 4) is 5.75 Å². The molecule has 0 spiro atoms. The van der Waals surface area contributed by atoms with Gasteiger partial charge in [0.1, 0.15) is 5.69 Å². The van der Waals surface area contributed by atoms with Crippen molar-refractivity contribution >= 4 is 5.69 Å². The Bertz CT molecular complexity index is 262. The van der Waals surface area contributed by atoms with Crippen molar-refractivity contribution in [3.05, 3.63) is 28.9 Å². The molecule has 52 valence electrons. The Morgan fingerprint density at radius 1 is 1.50 bits per heavy atom. The number of rotatable bonds is 1. The summed E-state index contributed by atoms with van der Waals surface area (Å²) in [4.78, 5) is 9.77. The van der Waals surface area contributed by atoms with Crippen LogP contribution in [0.15, 0.2) is 23.4 Å². The van der Waals surface area contributed by atoms with E-state index in [1.54, 1.807) is 0 Å². The zero-order chi connectivity index (χ0) is 7.56. The van der Waals surface area contributed by atoms with E-state index in [2.05, 4.69) is 5.18 Å². The number of nitroso groups, excluding NO2 is 1. The predicted octanol–water partition coefficient (Wildman–Crippen LogP) is 1.93. The fourth-order valence-electron chi connectivity index (χ4n) is 0.553. The summed E-state index contributed by atoms with van der Waals surface area (Å²) in [5.41, 5.74) is -0.0321. The third-order valence-electron chi connectivity index (χ3n) is 1.04. The van der Waals surface area contributed by atoms with Gasteiger partial charge in [-0.05, 0) is 17.3 Å². The van der Waals surface area contributed by atoms with Gasteiger partial charge in [0.2, 0.25) is 0 Å². The molecule has 3 nitrogen and oxygen atoms in total. The van der Waals surface area contributed by atoms with Crippen LogP contribution in [-0.4, -0.2) is 5.11 Å². The number of phenols is 1. The minimum Gasteiger partial charge on any atom is -0.505 e. The van der Waals surface area contributed by atoms with Crippen LogP contribution in [0.4, 0.5) is 10.1 Å². The Balaban J connectivity index is 3.16. The van der Waals surface area contributed by atoms with Gasteiger partial charge in [-0.15, -0.1) is 4.91 Å². The smallest absolute Gasteiger partial charge is 0.167 e. The molecule has 1 rings (SSSR count). The molecule has 0 unspecified atom stereocenters. The van der Waals surface area contributed by atoms with Gasteiger partial charge in [-0.2, -0.15) is 0 Å². The molecule has 1 aromatic rings. The first-order valence-electron chi connectivity index (χ1n) is 2.56. The summed E-state index contributed by atoms with van der Waals surface area (Å²) in [7, 11) is 0. The Morgan fingerprint density at radius 3 is 2.70 bits per heavy atom. The molecule has 0 amide bonds. The summed E-state index contributed by atoms with van der Waals surface area (Å²) in [6.07, 6.45) is 0. The summed E-state index contributed by atoms with van der Waals surface area (Å²) in [6.45, 7) is 0. The third-order valence-corrected chi connectivity index (χ3v) is 1.04. The average molecular weight is 141 g/mol. The fraction of sp³-hybridized carbons (Fsp3) is 0. The van der Waals surface area contributed by atoms with Crippen LogP contribution >= 0.6 is 0 Å². The van der Waals surface area contributed by atoms with Crippen LogP contribution in [0.1, 0.15) is 0 Å². The Morgan fingerprint density at radius 2 is 2.20 bits per heavy atom. The molecule has 0 heterocycles. The normalized spacial score (nSPS) is 9.30. The van der Waals surface area contributed by atoms with Crippen LogP contribution in [0.25, 0.3) is 0 Å². The van der Waals surface area contributed by atoms with E-state index in [-0.39, 0.29) is 5.69 Å². The lowest BCUT2D eigenvalue weighted by molar-refractivity contribution is 0.432. The lowest BCUT2D eigenvalue weighted by atomic mass is 10.3. The third kappa shape index (κ3) is 1.10. The zero-order valence-electron chi connectivity index (χ0n) is 4.91. The van der Waals surface area contributed by atoms with E-state index in [1.165, 1.54) is 6.07 Å². The van der Waals surface area contributed by atoms with Crippen LogP contribution < -0.4 is 0 Å². The topological polar surface area (TPSA) is 49.7 Å². The molecule has 1 aromatic carbocycles. The maximum atomic E-state index is 12.3. The quantitative estimate of drug-likeness (QED) is 0.607. The first kappa shape index (κ1) is 6.67. The standard InChI is InChI=1S/C6H4FNO2/c7-5-3-4(8-10)1-2-6(5)9/h1-3,9H. The average Bonchev–Trinajstić information content (AvgIpc) is 1.95. The minimum absolute atomic E-state index is 0.0321.